The molecular weight excluding hydrogens is 243 g/mol. The molecule has 0 spiro atoms. The van der Waals surface area contributed by atoms with Crippen molar-refractivity contribution in [2.24, 2.45) is 4.99 Å². The first-order valence-electron chi connectivity index (χ1n) is 5.73. The van der Waals surface area contributed by atoms with Crippen LogP contribution in [0.3, 0.4) is 0 Å². The van der Waals surface area contributed by atoms with Gasteiger partial charge in [-0.25, -0.2) is 0 Å². The monoisotopic (exact) mass is 259 g/mol. The topological polar surface area (TPSA) is 21.6 Å². The SMILES string of the molecule is CC=Nc1cc(OCCC)cc(C(F)(F)F)c1C. The van der Waals surface area contributed by atoms with Crippen molar-refractivity contribution in [1.29, 1.82) is 0 Å². The summed E-state index contributed by atoms with van der Waals surface area (Å²) in [6.07, 6.45) is -2.19. The van der Waals surface area contributed by atoms with Gasteiger partial charge in [0.05, 0.1) is 17.9 Å². The van der Waals surface area contributed by atoms with Gasteiger partial charge in [0.25, 0.3) is 0 Å². The Labute approximate surface area is 104 Å². The van der Waals surface area contributed by atoms with E-state index in [-0.39, 0.29) is 11.3 Å². The van der Waals surface area contributed by atoms with Gasteiger partial charge in [-0.15, -0.1) is 0 Å². The van der Waals surface area contributed by atoms with Gasteiger partial charge in [-0.2, -0.15) is 13.2 Å². The minimum Gasteiger partial charge on any atom is -0.494 e. The molecule has 100 valence electrons. The highest BCUT2D eigenvalue weighted by atomic mass is 19.4. The molecule has 1 aromatic rings. The standard InChI is InChI=1S/C13H16F3NO/c1-4-6-18-10-7-11(13(14,15)16)9(3)12(8-10)17-5-2/h5,7-8H,4,6H2,1-3H3. The van der Waals surface area contributed by atoms with E-state index < -0.39 is 11.7 Å². The molecule has 0 bridgehead atoms. The Hall–Kier alpha value is -1.52. The normalized spacial score (nSPS) is 12.1. The van der Waals surface area contributed by atoms with E-state index in [1.807, 2.05) is 6.92 Å². The Morgan fingerprint density at radius 2 is 2.00 bits per heavy atom. The second kappa shape index (κ2) is 5.89. The number of aliphatic imine (C=N–C) groups is 1. The largest absolute Gasteiger partial charge is 0.494 e. The van der Waals surface area contributed by atoms with E-state index in [9.17, 15) is 13.2 Å². The summed E-state index contributed by atoms with van der Waals surface area (Å²) in [7, 11) is 0. The Morgan fingerprint density at radius 3 is 2.50 bits per heavy atom. The second-order valence-electron chi connectivity index (χ2n) is 3.85. The first kappa shape index (κ1) is 14.5. The summed E-state index contributed by atoms with van der Waals surface area (Å²) in [4.78, 5) is 3.94. The summed E-state index contributed by atoms with van der Waals surface area (Å²) in [5.74, 6) is 0.204. The third kappa shape index (κ3) is 3.48. The maximum Gasteiger partial charge on any atom is 0.416 e. The third-order valence-corrected chi connectivity index (χ3v) is 2.40. The number of hydrogen-bond acceptors (Lipinski definition) is 2. The lowest BCUT2D eigenvalue weighted by Crippen LogP contribution is -2.08. The molecule has 0 aliphatic carbocycles. The molecule has 0 atom stereocenters. The first-order chi connectivity index (χ1) is 8.40. The van der Waals surface area contributed by atoms with Crippen LogP contribution in [0.2, 0.25) is 0 Å². The van der Waals surface area contributed by atoms with Gasteiger partial charge in [0.1, 0.15) is 5.75 Å². The van der Waals surface area contributed by atoms with Crippen LogP contribution in [0, 0.1) is 6.92 Å². The molecule has 0 heterocycles. The number of hydrogen-bond donors (Lipinski definition) is 0. The predicted octanol–water partition coefficient (Wildman–Crippen LogP) is 4.52. The number of benzene rings is 1. The van der Waals surface area contributed by atoms with Gasteiger partial charge in [0.15, 0.2) is 0 Å². The Morgan fingerprint density at radius 1 is 1.33 bits per heavy atom. The van der Waals surface area contributed by atoms with Gasteiger partial charge in [-0.3, -0.25) is 4.99 Å². The van der Waals surface area contributed by atoms with Gasteiger partial charge in [0, 0.05) is 12.3 Å². The van der Waals surface area contributed by atoms with E-state index in [1.54, 1.807) is 6.92 Å². The Bertz CT molecular complexity index is 439. The molecule has 2 nitrogen and oxygen atoms in total. The van der Waals surface area contributed by atoms with Crippen LogP contribution in [-0.4, -0.2) is 12.8 Å². The minimum atomic E-state index is -4.40. The van der Waals surface area contributed by atoms with Crippen molar-refractivity contribution in [3.63, 3.8) is 0 Å². The van der Waals surface area contributed by atoms with Crippen molar-refractivity contribution in [1.82, 2.24) is 0 Å². The Balaban J connectivity index is 3.28. The van der Waals surface area contributed by atoms with Crippen LogP contribution >= 0.6 is 0 Å². The summed E-state index contributed by atoms with van der Waals surface area (Å²) in [6.45, 7) is 5.35. The molecule has 0 saturated heterocycles. The van der Waals surface area contributed by atoms with Crippen LogP contribution in [0.25, 0.3) is 0 Å². The molecule has 18 heavy (non-hydrogen) atoms. The number of halogens is 3. The molecule has 1 rings (SSSR count). The summed E-state index contributed by atoms with van der Waals surface area (Å²) < 4.78 is 43.9. The summed E-state index contributed by atoms with van der Waals surface area (Å²) in [5, 5.41) is 0. The lowest BCUT2D eigenvalue weighted by Gasteiger charge is -2.15. The molecule has 0 amide bonds. The van der Waals surface area contributed by atoms with Crippen molar-refractivity contribution < 1.29 is 17.9 Å². The van der Waals surface area contributed by atoms with E-state index in [0.29, 0.717) is 12.3 Å². The van der Waals surface area contributed by atoms with Crippen molar-refractivity contribution in [3.05, 3.63) is 23.3 Å². The zero-order valence-corrected chi connectivity index (χ0v) is 10.6. The van der Waals surface area contributed by atoms with Crippen molar-refractivity contribution >= 4 is 11.9 Å². The van der Waals surface area contributed by atoms with Crippen molar-refractivity contribution in [2.45, 2.75) is 33.4 Å². The van der Waals surface area contributed by atoms with E-state index >= 15 is 0 Å². The smallest absolute Gasteiger partial charge is 0.416 e. The maximum absolute atomic E-state index is 12.9. The van der Waals surface area contributed by atoms with E-state index in [0.717, 1.165) is 12.5 Å². The van der Waals surface area contributed by atoms with Crippen LogP contribution in [-0.2, 0) is 6.18 Å². The zero-order valence-electron chi connectivity index (χ0n) is 10.6. The number of nitrogens with zero attached hydrogens (tertiary/aromatic N) is 1. The average Bonchev–Trinajstić information content (AvgIpc) is 2.28. The molecule has 0 saturated carbocycles. The van der Waals surface area contributed by atoms with Crippen LogP contribution in [0.15, 0.2) is 17.1 Å². The van der Waals surface area contributed by atoms with Crippen LogP contribution in [0.5, 0.6) is 5.75 Å². The molecule has 5 heteroatoms. The number of alkyl halides is 3. The maximum atomic E-state index is 12.9. The van der Waals surface area contributed by atoms with Crippen LogP contribution in [0.4, 0.5) is 18.9 Å². The van der Waals surface area contributed by atoms with Gasteiger partial charge >= 0.3 is 6.18 Å². The van der Waals surface area contributed by atoms with Gasteiger partial charge in [0.2, 0.25) is 0 Å². The highest BCUT2D eigenvalue weighted by Crippen LogP contribution is 2.38. The number of ether oxygens (including phenoxy) is 1. The minimum absolute atomic E-state index is 0.115. The molecule has 0 N–H and O–H groups in total. The van der Waals surface area contributed by atoms with E-state index in [1.165, 1.54) is 19.2 Å². The van der Waals surface area contributed by atoms with E-state index in [4.69, 9.17) is 4.74 Å². The van der Waals surface area contributed by atoms with Gasteiger partial charge < -0.3 is 4.74 Å². The molecule has 0 aliphatic heterocycles. The molecule has 0 fully saturated rings. The molecule has 0 unspecified atom stereocenters. The quantitative estimate of drug-likeness (QED) is 0.728. The average molecular weight is 259 g/mol. The molecule has 1 aromatic carbocycles. The zero-order chi connectivity index (χ0) is 13.8. The molecule has 0 aromatic heterocycles. The summed E-state index contributed by atoms with van der Waals surface area (Å²) in [5.41, 5.74) is -0.292. The Kier molecular flexibility index (Phi) is 4.76. The van der Waals surface area contributed by atoms with Crippen molar-refractivity contribution in [3.8, 4) is 5.75 Å². The highest BCUT2D eigenvalue weighted by molar-refractivity contribution is 5.65. The third-order valence-electron chi connectivity index (χ3n) is 2.40. The van der Waals surface area contributed by atoms with Crippen LogP contribution in [0.1, 0.15) is 31.4 Å². The number of rotatable bonds is 4. The lowest BCUT2D eigenvalue weighted by atomic mass is 10.1. The fourth-order valence-corrected chi connectivity index (χ4v) is 1.54. The molecule has 0 aliphatic rings. The predicted molar refractivity (Wildman–Crippen MR) is 65.8 cm³/mol. The summed E-state index contributed by atoms with van der Waals surface area (Å²) >= 11 is 0. The summed E-state index contributed by atoms with van der Waals surface area (Å²) in [6, 6.07) is 2.56. The fourth-order valence-electron chi connectivity index (χ4n) is 1.54. The first-order valence-corrected chi connectivity index (χ1v) is 5.73. The lowest BCUT2D eigenvalue weighted by molar-refractivity contribution is -0.138. The van der Waals surface area contributed by atoms with Gasteiger partial charge in [-0.05, 0) is 31.9 Å². The molecule has 0 radical (unpaired) electrons. The van der Waals surface area contributed by atoms with Gasteiger partial charge in [-0.1, -0.05) is 6.92 Å². The van der Waals surface area contributed by atoms with Crippen LogP contribution < -0.4 is 4.74 Å². The van der Waals surface area contributed by atoms with Crippen molar-refractivity contribution in [2.75, 3.05) is 6.61 Å². The second-order valence-corrected chi connectivity index (χ2v) is 3.85. The highest BCUT2D eigenvalue weighted by Gasteiger charge is 2.34. The fraction of sp³-hybridized carbons (Fsp3) is 0.462. The van der Waals surface area contributed by atoms with E-state index in [2.05, 4.69) is 4.99 Å². The molecular formula is C13H16F3NO.